The van der Waals surface area contributed by atoms with Gasteiger partial charge in [-0.1, -0.05) is 0 Å². The van der Waals surface area contributed by atoms with E-state index in [0.29, 0.717) is 23.3 Å². The lowest BCUT2D eigenvalue weighted by atomic mass is 9.93. The van der Waals surface area contributed by atoms with Crippen molar-refractivity contribution in [1.29, 1.82) is 0 Å². The summed E-state index contributed by atoms with van der Waals surface area (Å²) < 4.78 is 0. The van der Waals surface area contributed by atoms with Crippen molar-refractivity contribution >= 4 is 17.2 Å². The molecular formula is C19H26N2OS. The van der Waals surface area contributed by atoms with E-state index in [9.17, 15) is 4.79 Å². The van der Waals surface area contributed by atoms with Gasteiger partial charge in [0, 0.05) is 18.5 Å². The highest BCUT2D eigenvalue weighted by atomic mass is 32.1. The quantitative estimate of drug-likeness (QED) is 0.899. The summed E-state index contributed by atoms with van der Waals surface area (Å²) in [6, 6.07) is 2.70. The van der Waals surface area contributed by atoms with Gasteiger partial charge < -0.3 is 10.2 Å². The summed E-state index contributed by atoms with van der Waals surface area (Å²) in [7, 11) is 0. The lowest BCUT2D eigenvalue weighted by molar-refractivity contribution is -0.135. The average Bonchev–Trinajstić information content (AvgIpc) is 3.46. The Bertz CT molecular complexity index is 589. The number of hydrogen-bond donors (Lipinski definition) is 1. The zero-order chi connectivity index (χ0) is 15.4. The Morgan fingerprint density at radius 3 is 2.87 bits per heavy atom. The Kier molecular flexibility index (Phi) is 3.35. The van der Waals surface area contributed by atoms with Crippen molar-refractivity contribution < 1.29 is 4.79 Å². The fourth-order valence-electron chi connectivity index (χ4n) is 4.91. The summed E-state index contributed by atoms with van der Waals surface area (Å²) >= 11 is 1.74. The second-order valence-electron chi connectivity index (χ2n) is 8.27. The monoisotopic (exact) mass is 330 g/mol. The molecule has 4 fully saturated rings. The topological polar surface area (TPSA) is 32.3 Å². The predicted molar refractivity (Wildman–Crippen MR) is 92.1 cm³/mol. The van der Waals surface area contributed by atoms with Gasteiger partial charge in [-0.3, -0.25) is 4.79 Å². The van der Waals surface area contributed by atoms with Gasteiger partial charge >= 0.3 is 0 Å². The van der Waals surface area contributed by atoms with Gasteiger partial charge in [0.1, 0.15) is 0 Å². The first-order chi connectivity index (χ1) is 11.3. The molecule has 4 aliphatic rings. The summed E-state index contributed by atoms with van der Waals surface area (Å²) in [5, 5.41) is 7.82. The Labute approximate surface area is 142 Å². The summed E-state index contributed by atoms with van der Waals surface area (Å²) in [6.45, 7) is 3.10. The van der Waals surface area contributed by atoms with Crippen LogP contribution in [0.5, 0.6) is 0 Å². The van der Waals surface area contributed by atoms with Crippen molar-refractivity contribution in [2.75, 3.05) is 13.1 Å². The van der Waals surface area contributed by atoms with Crippen molar-refractivity contribution in [3.8, 4) is 0 Å². The number of rotatable bonds is 5. The van der Waals surface area contributed by atoms with E-state index in [1.807, 2.05) is 0 Å². The molecule has 3 atom stereocenters. The number of thiophene rings is 1. The summed E-state index contributed by atoms with van der Waals surface area (Å²) in [6.07, 6.45) is 7.66. The Morgan fingerprint density at radius 1 is 1.35 bits per heavy atom. The SMILES string of the molecule is O=C([C@@H]1C[C@H]1C1CC1)N(Cc1ccsc1)[C@@H]1CC12CCNCC2. The van der Waals surface area contributed by atoms with Crippen LogP contribution in [0.4, 0.5) is 0 Å². The molecule has 1 aromatic heterocycles. The van der Waals surface area contributed by atoms with E-state index in [-0.39, 0.29) is 0 Å². The molecule has 3 nitrogen and oxygen atoms in total. The maximum Gasteiger partial charge on any atom is 0.226 e. The molecule has 2 heterocycles. The smallest absolute Gasteiger partial charge is 0.226 e. The van der Waals surface area contributed by atoms with Crippen LogP contribution < -0.4 is 5.32 Å². The van der Waals surface area contributed by atoms with Crippen molar-refractivity contribution in [1.82, 2.24) is 10.2 Å². The van der Waals surface area contributed by atoms with Gasteiger partial charge in [-0.2, -0.15) is 11.3 Å². The average molecular weight is 330 g/mol. The van der Waals surface area contributed by atoms with Crippen molar-refractivity contribution in [2.45, 2.75) is 51.1 Å². The van der Waals surface area contributed by atoms with E-state index in [4.69, 9.17) is 0 Å². The first kappa shape index (κ1) is 14.5. The number of nitrogens with one attached hydrogen (secondary N) is 1. The second-order valence-corrected chi connectivity index (χ2v) is 9.05. The third-order valence-corrected chi connectivity index (χ3v) is 7.45. The predicted octanol–water partition coefficient (Wildman–Crippen LogP) is 3.26. The Hall–Kier alpha value is -0.870. The highest BCUT2D eigenvalue weighted by molar-refractivity contribution is 7.07. The normalized spacial score (nSPS) is 34.3. The zero-order valence-electron chi connectivity index (χ0n) is 13.7. The van der Waals surface area contributed by atoms with E-state index in [0.717, 1.165) is 31.5 Å². The largest absolute Gasteiger partial charge is 0.335 e. The van der Waals surface area contributed by atoms with E-state index in [2.05, 4.69) is 27.0 Å². The number of hydrogen-bond acceptors (Lipinski definition) is 3. The molecule has 0 bridgehead atoms. The van der Waals surface area contributed by atoms with Crippen LogP contribution in [0.15, 0.2) is 16.8 Å². The third-order valence-electron chi connectivity index (χ3n) is 6.72. The van der Waals surface area contributed by atoms with Gasteiger partial charge in [0.05, 0.1) is 0 Å². The molecule has 1 saturated heterocycles. The fourth-order valence-corrected chi connectivity index (χ4v) is 5.57. The van der Waals surface area contributed by atoms with Crippen LogP contribution in [0.2, 0.25) is 0 Å². The second kappa shape index (κ2) is 5.32. The molecule has 1 spiro atoms. The van der Waals surface area contributed by atoms with Gasteiger partial charge in [0.2, 0.25) is 5.91 Å². The van der Waals surface area contributed by atoms with Gasteiger partial charge in [-0.15, -0.1) is 0 Å². The molecule has 1 aliphatic heterocycles. The minimum Gasteiger partial charge on any atom is -0.335 e. The fraction of sp³-hybridized carbons (Fsp3) is 0.737. The van der Waals surface area contributed by atoms with Crippen LogP contribution in [0.25, 0.3) is 0 Å². The molecule has 1 amide bonds. The maximum atomic E-state index is 13.2. The maximum absolute atomic E-state index is 13.2. The molecule has 1 N–H and O–H groups in total. The van der Waals surface area contributed by atoms with Crippen LogP contribution in [0, 0.1) is 23.2 Å². The van der Waals surface area contributed by atoms with E-state index >= 15 is 0 Å². The number of nitrogens with zero attached hydrogens (tertiary/aromatic N) is 1. The molecule has 0 radical (unpaired) electrons. The molecule has 4 heteroatoms. The Morgan fingerprint density at radius 2 is 2.17 bits per heavy atom. The van der Waals surface area contributed by atoms with Crippen molar-refractivity contribution in [3.05, 3.63) is 22.4 Å². The summed E-state index contributed by atoms with van der Waals surface area (Å²) in [5.41, 5.74) is 1.77. The summed E-state index contributed by atoms with van der Waals surface area (Å²) in [5.74, 6) is 2.46. The van der Waals surface area contributed by atoms with Gasteiger partial charge in [0.25, 0.3) is 0 Å². The van der Waals surface area contributed by atoms with Gasteiger partial charge in [-0.25, -0.2) is 0 Å². The molecule has 23 heavy (non-hydrogen) atoms. The molecule has 3 saturated carbocycles. The Balaban J connectivity index is 1.33. The van der Waals surface area contributed by atoms with E-state index < -0.39 is 0 Å². The number of amides is 1. The van der Waals surface area contributed by atoms with Crippen LogP contribution in [0.3, 0.4) is 0 Å². The first-order valence-electron chi connectivity index (χ1n) is 9.29. The molecule has 124 valence electrons. The van der Waals surface area contributed by atoms with Gasteiger partial charge in [0.15, 0.2) is 0 Å². The van der Waals surface area contributed by atoms with Crippen LogP contribution in [-0.2, 0) is 11.3 Å². The number of carbonyl (C=O) groups is 1. The van der Waals surface area contributed by atoms with Gasteiger partial charge in [-0.05, 0) is 91.3 Å². The number of piperidine rings is 1. The highest BCUT2D eigenvalue weighted by Crippen LogP contribution is 2.59. The van der Waals surface area contributed by atoms with Crippen molar-refractivity contribution in [3.63, 3.8) is 0 Å². The molecule has 0 unspecified atom stereocenters. The molecule has 3 aliphatic carbocycles. The highest BCUT2D eigenvalue weighted by Gasteiger charge is 2.60. The molecule has 5 rings (SSSR count). The number of carbonyl (C=O) groups excluding carboxylic acids is 1. The lowest BCUT2D eigenvalue weighted by Crippen LogP contribution is -2.40. The van der Waals surface area contributed by atoms with Crippen molar-refractivity contribution in [2.24, 2.45) is 23.2 Å². The van der Waals surface area contributed by atoms with Crippen LogP contribution in [0.1, 0.15) is 44.1 Å². The molecule has 1 aromatic rings. The van der Waals surface area contributed by atoms with Crippen LogP contribution >= 0.6 is 11.3 Å². The summed E-state index contributed by atoms with van der Waals surface area (Å²) in [4.78, 5) is 15.5. The van der Waals surface area contributed by atoms with Crippen LogP contribution in [-0.4, -0.2) is 29.9 Å². The zero-order valence-corrected chi connectivity index (χ0v) is 14.5. The first-order valence-corrected chi connectivity index (χ1v) is 10.2. The van der Waals surface area contributed by atoms with E-state index in [1.165, 1.54) is 44.1 Å². The third kappa shape index (κ3) is 2.64. The standard InChI is InChI=1S/C19H26N2OS/c22-18(16-9-15(16)14-1-2-14)21(11-13-3-8-23-12-13)17-10-19(17)4-6-20-7-5-19/h3,8,12,14-17,20H,1-2,4-7,9-11H2/t15-,16+,17+/m0/s1. The van der Waals surface area contributed by atoms with E-state index in [1.54, 1.807) is 11.3 Å². The minimum atomic E-state index is 0.362. The molecule has 0 aromatic carbocycles. The lowest BCUT2D eigenvalue weighted by Gasteiger charge is -2.30. The minimum absolute atomic E-state index is 0.362. The molecular weight excluding hydrogens is 304 g/mol.